The zero-order valence-electron chi connectivity index (χ0n) is 14.4. The fourth-order valence-electron chi connectivity index (χ4n) is 3.00. The second-order valence-corrected chi connectivity index (χ2v) is 10.00. The van der Waals surface area contributed by atoms with Gasteiger partial charge >= 0.3 is 0 Å². The maximum Gasteiger partial charge on any atom is 0.214 e. The maximum absolute atomic E-state index is 12.2. The van der Waals surface area contributed by atoms with Crippen LogP contribution in [-0.2, 0) is 14.8 Å². The van der Waals surface area contributed by atoms with Crippen LogP contribution in [0.25, 0.3) is 10.4 Å². The van der Waals surface area contributed by atoms with Crippen molar-refractivity contribution in [1.82, 2.24) is 4.72 Å². The third-order valence-electron chi connectivity index (χ3n) is 4.54. The number of hydrogen-bond donors (Lipinski definition) is 2. The molecule has 0 spiro atoms. The van der Waals surface area contributed by atoms with Crippen LogP contribution in [0, 0.1) is 0 Å². The molecule has 7 heteroatoms. The van der Waals surface area contributed by atoms with Gasteiger partial charge in [-0.15, -0.1) is 11.3 Å². The number of hydrogen-bond acceptors (Lipinski definition) is 5. The van der Waals surface area contributed by atoms with Crippen molar-refractivity contribution in [2.45, 2.75) is 37.5 Å². The molecule has 1 aromatic carbocycles. The first-order chi connectivity index (χ1) is 11.9. The van der Waals surface area contributed by atoms with Gasteiger partial charge in [-0.1, -0.05) is 24.3 Å². The van der Waals surface area contributed by atoms with E-state index in [4.69, 9.17) is 10.5 Å². The molecule has 0 bridgehead atoms. The number of thiophene rings is 1. The van der Waals surface area contributed by atoms with Gasteiger partial charge in [-0.3, -0.25) is 0 Å². The van der Waals surface area contributed by atoms with Crippen molar-refractivity contribution in [3.8, 4) is 10.4 Å². The van der Waals surface area contributed by atoms with Gasteiger partial charge in [-0.2, -0.15) is 0 Å². The summed E-state index contributed by atoms with van der Waals surface area (Å²) in [5.74, 6) is 0.115. The van der Waals surface area contributed by atoms with Gasteiger partial charge in [0.25, 0.3) is 0 Å². The van der Waals surface area contributed by atoms with Crippen LogP contribution in [-0.4, -0.2) is 32.9 Å². The first kappa shape index (κ1) is 18.4. The van der Waals surface area contributed by atoms with E-state index in [1.54, 1.807) is 25.2 Å². The van der Waals surface area contributed by atoms with E-state index in [0.717, 1.165) is 27.4 Å². The Balaban J connectivity index is 1.80. The van der Waals surface area contributed by atoms with Crippen molar-refractivity contribution < 1.29 is 13.2 Å². The molecular formula is C18H24N2O3S2. The van der Waals surface area contributed by atoms with E-state index in [1.807, 2.05) is 12.1 Å². The quantitative estimate of drug-likeness (QED) is 0.835. The fourth-order valence-corrected chi connectivity index (χ4v) is 4.71. The summed E-state index contributed by atoms with van der Waals surface area (Å²) < 4.78 is 32.8. The Hall–Kier alpha value is -1.41. The van der Waals surface area contributed by atoms with Gasteiger partial charge < -0.3 is 10.5 Å². The molecule has 0 radical (unpaired) electrons. The standard InChI is InChI=1S/C18H24N2O3S2/c1-12(2)25(21,22)20-16-11-23-10-9-15(16)13-3-5-14(6-4-13)17-7-8-18(19)24-17/h3-8,12,15-16,20H,9-11,19H2,1-2H3/t15-,16-/m0/s1. The average Bonchev–Trinajstić information content (AvgIpc) is 3.01. The van der Waals surface area contributed by atoms with E-state index in [1.165, 1.54) is 0 Å². The molecule has 1 saturated heterocycles. The van der Waals surface area contributed by atoms with E-state index in [9.17, 15) is 8.42 Å². The lowest BCUT2D eigenvalue weighted by Gasteiger charge is -2.33. The summed E-state index contributed by atoms with van der Waals surface area (Å²) in [6, 6.07) is 12.0. The lowest BCUT2D eigenvalue weighted by atomic mass is 9.87. The van der Waals surface area contributed by atoms with E-state index in [-0.39, 0.29) is 12.0 Å². The van der Waals surface area contributed by atoms with Gasteiger partial charge in [0.1, 0.15) is 0 Å². The molecule has 3 N–H and O–H groups in total. The van der Waals surface area contributed by atoms with E-state index in [0.29, 0.717) is 13.2 Å². The molecule has 1 aliphatic rings. The molecule has 2 heterocycles. The van der Waals surface area contributed by atoms with Crippen molar-refractivity contribution in [2.75, 3.05) is 18.9 Å². The van der Waals surface area contributed by atoms with Crippen molar-refractivity contribution in [1.29, 1.82) is 0 Å². The number of ether oxygens (including phenoxy) is 1. The molecule has 1 aromatic heterocycles. The summed E-state index contributed by atoms with van der Waals surface area (Å²) in [5, 5.41) is 0.341. The van der Waals surface area contributed by atoms with Gasteiger partial charge in [0.05, 0.1) is 22.9 Å². The Morgan fingerprint density at radius 2 is 1.92 bits per heavy atom. The predicted octanol–water partition coefficient (Wildman–Crippen LogP) is 3.20. The first-order valence-electron chi connectivity index (χ1n) is 8.41. The molecule has 2 aromatic rings. The molecular weight excluding hydrogens is 356 g/mol. The largest absolute Gasteiger partial charge is 0.391 e. The molecule has 0 amide bonds. The smallest absolute Gasteiger partial charge is 0.214 e. The van der Waals surface area contributed by atoms with Crippen LogP contribution in [0.5, 0.6) is 0 Å². The number of benzene rings is 1. The molecule has 1 aliphatic heterocycles. The van der Waals surface area contributed by atoms with Gasteiger partial charge in [-0.05, 0) is 43.5 Å². The van der Waals surface area contributed by atoms with Crippen LogP contribution in [0.15, 0.2) is 36.4 Å². The summed E-state index contributed by atoms with van der Waals surface area (Å²) in [5.41, 5.74) is 8.06. The van der Waals surface area contributed by atoms with Crippen LogP contribution < -0.4 is 10.5 Å². The molecule has 0 saturated carbocycles. The lowest BCUT2D eigenvalue weighted by molar-refractivity contribution is 0.0644. The van der Waals surface area contributed by atoms with E-state index >= 15 is 0 Å². The van der Waals surface area contributed by atoms with Crippen molar-refractivity contribution >= 4 is 26.4 Å². The summed E-state index contributed by atoms with van der Waals surface area (Å²) in [4.78, 5) is 1.13. The Morgan fingerprint density at radius 3 is 2.52 bits per heavy atom. The number of sulfonamides is 1. The fraction of sp³-hybridized carbons (Fsp3) is 0.444. The summed E-state index contributed by atoms with van der Waals surface area (Å²) in [6.45, 7) is 4.42. The number of nitrogens with two attached hydrogens (primary N) is 1. The second kappa shape index (κ2) is 7.45. The SMILES string of the molecule is CC(C)S(=O)(=O)N[C@H]1COCC[C@H]1c1ccc(-c2ccc(N)s2)cc1. The lowest BCUT2D eigenvalue weighted by Crippen LogP contribution is -2.47. The minimum Gasteiger partial charge on any atom is -0.391 e. The topological polar surface area (TPSA) is 81.4 Å². The second-order valence-electron chi connectivity index (χ2n) is 6.61. The first-order valence-corrected chi connectivity index (χ1v) is 10.8. The number of nitrogen functional groups attached to an aromatic ring is 1. The van der Waals surface area contributed by atoms with Crippen LogP contribution in [0.4, 0.5) is 5.00 Å². The molecule has 2 atom stereocenters. The Labute approximate surface area is 153 Å². The summed E-state index contributed by atoms with van der Waals surface area (Å²) in [6.07, 6.45) is 0.802. The van der Waals surface area contributed by atoms with Gasteiger partial charge in [0, 0.05) is 17.4 Å². The summed E-state index contributed by atoms with van der Waals surface area (Å²) in [7, 11) is -3.33. The van der Waals surface area contributed by atoms with Crippen LogP contribution in [0.3, 0.4) is 0 Å². The molecule has 5 nitrogen and oxygen atoms in total. The third kappa shape index (κ3) is 4.23. The maximum atomic E-state index is 12.2. The van der Waals surface area contributed by atoms with Crippen LogP contribution >= 0.6 is 11.3 Å². The Bertz CT molecular complexity index is 813. The average molecular weight is 381 g/mol. The molecule has 25 heavy (non-hydrogen) atoms. The normalized spacial score (nSPS) is 21.6. The van der Waals surface area contributed by atoms with Gasteiger partial charge in [0.15, 0.2) is 0 Å². The van der Waals surface area contributed by atoms with E-state index in [2.05, 4.69) is 29.0 Å². The van der Waals surface area contributed by atoms with Crippen molar-refractivity contribution in [3.05, 3.63) is 42.0 Å². The minimum absolute atomic E-state index is 0.115. The van der Waals surface area contributed by atoms with E-state index < -0.39 is 15.3 Å². The third-order valence-corrected chi connectivity index (χ3v) is 7.38. The Kier molecular flexibility index (Phi) is 5.48. The highest BCUT2D eigenvalue weighted by Crippen LogP contribution is 2.33. The Morgan fingerprint density at radius 1 is 1.20 bits per heavy atom. The molecule has 0 unspecified atom stereocenters. The van der Waals surface area contributed by atoms with Crippen molar-refractivity contribution in [2.24, 2.45) is 0 Å². The molecule has 0 aliphatic carbocycles. The number of nitrogens with one attached hydrogen (secondary N) is 1. The highest BCUT2D eigenvalue weighted by atomic mass is 32.2. The molecule has 3 rings (SSSR count). The molecule has 136 valence electrons. The van der Waals surface area contributed by atoms with Crippen LogP contribution in [0.1, 0.15) is 31.7 Å². The zero-order valence-corrected chi connectivity index (χ0v) is 16.1. The monoisotopic (exact) mass is 380 g/mol. The van der Waals surface area contributed by atoms with Gasteiger partial charge in [-0.25, -0.2) is 13.1 Å². The van der Waals surface area contributed by atoms with Gasteiger partial charge in [0.2, 0.25) is 10.0 Å². The zero-order chi connectivity index (χ0) is 18.0. The highest BCUT2D eigenvalue weighted by Gasteiger charge is 2.31. The molecule has 1 fully saturated rings. The highest BCUT2D eigenvalue weighted by molar-refractivity contribution is 7.90. The van der Waals surface area contributed by atoms with Crippen molar-refractivity contribution in [3.63, 3.8) is 0 Å². The number of anilines is 1. The summed E-state index contributed by atoms with van der Waals surface area (Å²) >= 11 is 1.56. The minimum atomic E-state index is -3.33. The predicted molar refractivity (Wildman–Crippen MR) is 103 cm³/mol. The van der Waals surface area contributed by atoms with Crippen LogP contribution in [0.2, 0.25) is 0 Å². The number of rotatable bonds is 5.